The number of hydrogen-bond donors (Lipinski definition) is 2. The molecule has 0 atom stereocenters. The molecule has 7 heteroatoms. The van der Waals surface area contributed by atoms with Crippen LogP contribution in [0.2, 0.25) is 0 Å². The maximum Gasteiger partial charge on any atom is 0.326 e. The number of aromatic hydroxyl groups is 1. The summed E-state index contributed by atoms with van der Waals surface area (Å²) in [7, 11) is -3.37. The molecular weight excluding hydrogens is 244 g/mol. The number of sulfone groups is 1. The summed E-state index contributed by atoms with van der Waals surface area (Å²) >= 11 is 0. The van der Waals surface area contributed by atoms with Gasteiger partial charge in [0.25, 0.3) is 0 Å². The van der Waals surface area contributed by atoms with Crippen LogP contribution in [0.25, 0.3) is 10.9 Å². The highest BCUT2D eigenvalue weighted by Crippen LogP contribution is 2.26. The number of fused-ring (bicyclic) bond motifs is 1. The SMILES string of the molecule is CS(=O)(=O)c1ccc2cc(O)n(C(N)=O)c2c1. The Morgan fingerprint density at radius 3 is 2.53 bits per heavy atom. The molecule has 1 amide bonds. The maximum atomic E-state index is 11.4. The van der Waals surface area contributed by atoms with E-state index in [0.717, 1.165) is 10.8 Å². The molecule has 3 N–H and O–H groups in total. The number of nitrogens with zero attached hydrogens (tertiary/aromatic N) is 1. The Bertz CT molecular complexity index is 715. The van der Waals surface area contributed by atoms with Gasteiger partial charge in [0.2, 0.25) is 0 Å². The van der Waals surface area contributed by atoms with Gasteiger partial charge in [0.15, 0.2) is 15.7 Å². The predicted octanol–water partition coefficient (Wildman–Crippen LogP) is 0.677. The van der Waals surface area contributed by atoms with Gasteiger partial charge >= 0.3 is 6.03 Å². The molecule has 2 rings (SSSR count). The van der Waals surface area contributed by atoms with E-state index in [4.69, 9.17) is 5.73 Å². The van der Waals surface area contributed by atoms with Gasteiger partial charge in [0.1, 0.15) is 0 Å². The van der Waals surface area contributed by atoms with Crippen LogP contribution in [0.15, 0.2) is 29.2 Å². The summed E-state index contributed by atoms with van der Waals surface area (Å²) in [6.07, 6.45) is 1.06. The molecule has 0 bridgehead atoms. The van der Waals surface area contributed by atoms with Gasteiger partial charge in [-0.05, 0) is 12.1 Å². The Morgan fingerprint density at radius 2 is 2.00 bits per heavy atom. The minimum Gasteiger partial charge on any atom is -0.494 e. The highest BCUT2D eigenvalue weighted by Gasteiger charge is 2.15. The Kier molecular flexibility index (Phi) is 2.35. The number of primary amides is 1. The summed E-state index contributed by atoms with van der Waals surface area (Å²) in [6.45, 7) is 0. The van der Waals surface area contributed by atoms with Gasteiger partial charge in [-0.3, -0.25) is 0 Å². The van der Waals surface area contributed by atoms with E-state index in [2.05, 4.69) is 0 Å². The van der Waals surface area contributed by atoms with Gasteiger partial charge < -0.3 is 10.8 Å². The van der Waals surface area contributed by atoms with Crippen molar-refractivity contribution in [2.24, 2.45) is 5.73 Å². The second-order valence-electron chi connectivity index (χ2n) is 3.67. The first kappa shape index (κ1) is 11.5. The van der Waals surface area contributed by atoms with Crippen molar-refractivity contribution in [2.75, 3.05) is 6.26 Å². The van der Waals surface area contributed by atoms with E-state index in [-0.39, 0.29) is 16.3 Å². The second-order valence-corrected chi connectivity index (χ2v) is 5.68. The van der Waals surface area contributed by atoms with E-state index >= 15 is 0 Å². The third kappa shape index (κ3) is 1.84. The molecule has 0 saturated heterocycles. The molecule has 1 heterocycles. The van der Waals surface area contributed by atoms with Gasteiger partial charge in [0, 0.05) is 17.7 Å². The summed E-state index contributed by atoms with van der Waals surface area (Å²) < 4.78 is 23.6. The molecule has 6 nitrogen and oxygen atoms in total. The van der Waals surface area contributed by atoms with Crippen molar-refractivity contribution in [2.45, 2.75) is 4.90 Å². The van der Waals surface area contributed by atoms with E-state index in [1.165, 1.54) is 24.3 Å². The number of amides is 1. The minimum atomic E-state index is -3.37. The second kappa shape index (κ2) is 3.49. The molecule has 1 aromatic heterocycles. The lowest BCUT2D eigenvalue weighted by molar-refractivity contribution is 0.248. The first-order valence-corrected chi connectivity index (χ1v) is 6.54. The molecule has 1 aromatic carbocycles. The number of aromatic nitrogens is 1. The molecule has 0 aliphatic heterocycles. The molecule has 0 aliphatic rings. The fourth-order valence-corrected chi connectivity index (χ4v) is 2.27. The highest BCUT2D eigenvalue weighted by atomic mass is 32.2. The van der Waals surface area contributed by atoms with E-state index in [1.807, 2.05) is 0 Å². The van der Waals surface area contributed by atoms with Crippen LogP contribution >= 0.6 is 0 Å². The lowest BCUT2D eigenvalue weighted by Gasteiger charge is -2.02. The van der Waals surface area contributed by atoms with Gasteiger partial charge in [-0.15, -0.1) is 0 Å². The van der Waals surface area contributed by atoms with Crippen molar-refractivity contribution in [1.82, 2.24) is 4.57 Å². The van der Waals surface area contributed by atoms with Gasteiger partial charge in [-0.25, -0.2) is 17.8 Å². The van der Waals surface area contributed by atoms with Crippen LogP contribution in [0, 0.1) is 0 Å². The van der Waals surface area contributed by atoms with E-state index in [9.17, 15) is 18.3 Å². The van der Waals surface area contributed by atoms with Crippen molar-refractivity contribution >= 4 is 26.8 Å². The molecule has 0 unspecified atom stereocenters. The van der Waals surface area contributed by atoms with E-state index in [1.54, 1.807) is 0 Å². The number of benzene rings is 1. The molecule has 0 aliphatic carbocycles. The molecule has 2 aromatic rings. The average molecular weight is 254 g/mol. The Labute approximate surface area is 97.2 Å². The van der Waals surface area contributed by atoms with Crippen molar-refractivity contribution in [3.63, 3.8) is 0 Å². The normalized spacial score (nSPS) is 11.8. The van der Waals surface area contributed by atoms with Gasteiger partial charge in [-0.2, -0.15) is 0 Å². The largest absolute Gasteiger partial charge is 0.494 e. The molecule has 90 valence electrons. The standard InChI is InChI=1S/C10H10N2O4S/c1-17(15,16)7-3-2-6-4-9(13)12(10(11)14)8(6)5-7/h2-5,13H,1H3,(H2,11,14). The molecule has 0 radical (unpaired) electrons. The molecule has 17 heavy (non-hydrogen) atoms. The summed E-state index contributed by atoms with van der Waals surface area (Å²) in [5.41, 5.74) is 5.36. The van der Waals surface area contributed by atoms with Crippen LogP contribution in [0.4, 0.5) is 4.79 Å². The molecular formula is C10H10N2O4S. The number of rotatable bonds is 1. The quantitative estimate of drug-likeness (QED) is 0.780. The summed E-state index contributed by atoms with van der Waals surface area (Å²) in [5, 5.41) is 10.0. The topological polar surface area (TPSA) is 102 Å². The van der Waals surface area contributed by atoms with Crippen molar-refractivity contribution in [3.8, 4) is 5.88 Å². The zero-order valence-corrected chi connectivity index (χ0v) is 9.73. The number of hydrogen-bond acceptors (Lipinski definition) is 4. The van der Waals surface area contributed by atoms with Crippen molar-refractivity contribution < 1.29 is 18.3 Å². The fourth-order valence-electron chi connectivity index (χ4n) is 1.63. The van der Waals surface area contributed by atoms with Gasteiger partial charge in [0.05, 0.1) is 10.4 Å². The van der Waals surface area contributed by atoms with Crippen LogP contribution in [0.5, 0.6) is 5.88 Å². The Morgan fingerprint density at radius 1 is 1.35 bits per heavy atom. The third-order valence-electron chi connectivity index (χ3n) is 2.41. The van der Waals surface area contributed by atoms with Crippen LogP contribution in [0.3, 0.4) is 0 Å². The average Bonchev–Trinajstić information content (AvgIpc) is 2.50. The number of nitrogens with two attached hydrogens (primary N) is 1. The Balaban J connectivity index is 2.84. The number of carbonyl (C=O) groups is 1. The van der Waals surface area contributed by atoms with Crippen molar-refractivity contribution in [1.29, 1.82) is 0 Å². The Hall–Kier alpha value is -2.02. The molecule has 0 spiro atoms. The minimum absolute atomic E-state index is 0.0607. The third-order valence-corrected chi connectivity index (χ3v) is 3.52. The fraction of sp³-hybridized carbons (Fsp3) is 0.100. The lowest BCUT2D eigenvalue weighted by atomic mass is 10.2. The zero-order chi connectivity index (χ0) is 12.8. The molecule has 0 fully saturated rings. The van der Waals surface area contributed by atoms with Crippen LogP contribution < -0.4 is 5.73 Å². The monoisotopic (exact) mass is 254 g/mol. The first-order chi connectivity index (χ1) is 7.80. The molecule has 0 saturated carbocycles. The van der Waals surface area contributed by atoms with E-state index in [0.29, 0.717) is 5.39 Å². The van der Waals surface area contributed by atoms with Crippen molar-refractivity contribution in [3.05, 3.63) is 24.3 Å². The lowest BCUT2D eigenvalue weighted by Crippen LogP contribution is -2.18. The highest BCUT2D eigenvalue weighted by molar-refractivity contribution is 7.90. The summed E-state index contributed by atoms with van der Waals surface area (Å²) in [4.78, 5) is 11.2. The summed E-state index contributed by atoms with van der Waals surface area (Å²) in [5.74, 6) is -0.321. The van der Waals surface area contributed by atoms with Crippen LogP contribution in [-0.2, 0) is 9.84 Å². The summed E-state index contributed by atoms with van der Waals surface area (Å²) in [6, 6.07) is 4.68. The maximum absolute atomic E-state index is 11.4. The van der Waals surface area contributed by atoms with Gasteiger partial charge in [-0.1, -0.05) is 6.07 Å². The predicted molar refractivity (Wildman–Crippen MR) is 61.7 cm³/mol. The smallest absolute Gasteiger partial charge is 0.326 e. The van der Waals surface area contributed by atoms with E-state index < -0.39 is 15.9 Å². The number of carbonyl (C=O) groups excluding carboxylic acids is 1. The van der Waals surface area contributed by atoms with Crippen LogP contribution in [-0.4, -0.2) is 30.4 Å². The zero-order valence-electron chi connectivity index (χ0n) is 8.91. The first-order valence-electron chi connectivity index (χ1n) is 4.65. The van der Waals surface area contributed by atoms with Crippen LogP contribution in [0.1, 0.15) is 0 Å².